The zero-order chi connectivity index (χ0) is 14.5. The van der Waals surface area contributed by atoms with Crippen LogP contribution in [0.3, 0.4) is 0 Å². The van der Waals surface area contributed by atoms with Crippen LogP contribution in [0.4, 0.5) is 0 Å². The molecule has 1 saturated heterocycles. The number of carbonyl (C=O) groups is 1. The van der Waals surface area contributed by atoms with Crippen molar-refractivity contribution >= 4 is 5.91 Å². The van der Waals surface area contributed by atoms with Crippen LogP contribution in [0.15, 0.2) is 24.3 Å². The van der Waals surface area contributed by atoms with E-state index in [1.807, 2.05) is 42.1 Å². The third-order valence-electron chi connectivity index (χ3n) is 3.77. The van der Waals surface area contributed by atoms with Crippen LogP contribution in [0.5, 0.6) is 0 Å². The number of likely N-dealkylation sites (N-methyl/N-ethyl adjacent to an activating group) is 1. The molecule has 2 rings (SSSR count). The number of benzene rings is 1. The first-order valence-corrected chi connectivity index (χ1v) is 7.19. The molecule has 4 nitrogen and oxygen atoms in total. The highest BCUT2D eigenvalue weighted by Gasteiger charge is 2.29. The third-order valence-corrected chi connectivity index (χ3v) is 3.77. The molecule has 0 bridgehead atoms. The van der Waals surface area contributed by atoms with Crippen LogP contribution in [0.1, 0.15) is 23.6 Å². The Hall–Kier alpha value is -1.39. The maximum atomic E-state index is 12.9. The number of ether oxygens (including phenoxy) is 1. The van der Waals surface area contributed by atoms with Gasteiger partial charge >= 0.3 is 0 Å². The Kier molecular flexibility index (Phi) is 5.15. The Balaban J connectivity index is 2.24. The smallest absolute Gasteiger partial charge is 0.244 e. The van der Waals surface area contributed by atoms with Crippen LogP contribution in [-0.2, 0) is 9.53 Å². The summed E-state index contributed by atoms with van der Waals surface area (Å²) in [6.45, 7) is 4.93. The molecule has 20 heavy (non-hydrogen) atoms. The summed E-state index contributed by atoms with van der Waals surface area (Å²) in [5, 5.41) is 0. The van der Waals surface area contributed by atoms with Crippen LogP contribution in [0.25, 0.3) is 0 Å². The van der Waals surface area contributed by atoms with Gasteiger partial charge in [-0.1, -0.05) is 24.3 Å². The molecule has 0 aliphatic carbocycles. The molecule has 1 fully saturated rings. The van der Waals surface area contributed by atoms with Crippen LogP contribution in [0.2, 0.25) is 0 Å². The molecular weight excluding hydrogens is 252 g/mol. The normalized spacial score (nSPS) is 17.9. The molecule has 0 saturated carbocycles. The highest BCUT2D eigenvalue weighted by atomic mass is 16.5. The maximum absolute atomic E-state index is 12.9. The number of rotatable bonds is 3. The molecule has 1 atom stereocenters. The van der Waals surface area contributed by atoms with Crippen molar-refractivity contribution in [2.24, 2.45) is 0 Å². The second-order valence-corrected chi connectivity index (χ2v) is 5.51. The number of hydrogen-bond donors (Lipinski definition) is 0. The first-order valence-electron chi connectivity index (χ1n) is 7.19. The van der Waals surface area contributed by atoms with Crippen LogP contribution in [0, 0.1) is 6.92 Å². The molecular formula is C16H24N2O2. The van der Waals surface area contributed by atoms with E-state index in [2.05, 4.69) is 13.0 Å². The minimum absolute atomic E-state index is 0.176. The summed E-state index contributed by atoms with van der Waals surface area (Å²) in [6.07, 6.45) is 0.916. The van der Waals surface area contributed by atoms with Gasteiger partial charge in [0.15, 0.2) is 0 Å². The highest BCUT2D eigenvalue weighted by Crippen LogP contribution is 2.24. The number of carbonyl (C=O) groups excluding carboxylic acids is 1. The fourth-order valence-corrected chi connectivity index (χ4v) is 2.67. The molecule has 0 radical (unpaired) electrons. The van der Waals surface area contributed by atoms with Crippen molar-refractivity contribution in [1.82, 2.24) is 9.80 Å². The van der Waals surface area contributed by atoms with Gasteiger partial charge in [0.1, 0.15) is 6.04 Å². The van der Waals surface area contributed by atoms with Gasteiger partial charge in [0, 0.05) is 19.7 Å². The van der Waals surface area contributed by atoms with E-state index in [9.17, 15) is 4.79 Å². The van der Waals surface area contributed by atoms with Gasteiger partial charge in [-0.25, -0.2) is 0 Å². The third kappa shape index (κ3) is 3.38. The van der Waals surface area contributed by atoms with Crippen molar-refractivity contribution in [2.45, 2.75) is 19.4 Å². The lowest BCUT2D eigenvalue weighted by Crippen LogP contribution is -2.42. The summed E-state index contributed by atoms with van der Waals surface area (Å²) in [6, 6.07) is 7.90. The number of nitrogens with zero attached hydrogens (tertiary/aromatic N) is 2. The molecule has 0 unspecified atom stereocenters. The Bertz CT molecular complexity index is 452. The SMILES string of the molecule is Cc1ccccc1[C@@H](C(=O)N1CCCOCC1)N(C)C. The van der Waals surface area contributed by atoms with E-state index in [-0.39, 0.29) is 11.9 Å². The summed E-state index contributed by atoms with van der Waals surface area (Å²) in [5.41, 5.74) is 2.25. The molecule has 4 heteroatoms. The van der Waals surface area contributed by atoms with Crippen molar-refractivity contribution in [3.8, 4) is 0 Å². The lowest BCUT2D eigenvalue weighted by atomic mass is 9.99. The van der Waals surface area contributed by atoms with Gasteiger partial charge in [0.05, 0.1) is 6.61 Å². The predicted molar refractivity (Wildman–Crippen MR) is 79.6 cm³/mol. The standard InChI is InChI=1S/C16H24N2O2/c1-13-7-4-5-8-14(13)15(17(2)3)16(19)18-9-6-11-20-12-10-18/h4-5,7-8,15H,6,9-12H2,1-3H3/t15-/m0/s1. The molecule has 1 aromatic carbocycles. The van der Waals surface area contributed by atoms with Gasteiger partial charge < -0.3 is 9.64 Å². The van der Waals surface area contributed by atoms with Crippen molar-refractivity contribution in [1.29, 1.82) is 0 Å². The van der Waals surface area contributed by atoms with Crippen molar-refractivity contribution < 1.29 is 9.53 Å². The van der Waals surface area contributed by atoms with E-state index in [0.29, 0.717) is 13.2 Å². The summed E-state index contributed by atoms with van der Waals surface area (Å²) >= 11 is 0. The lowest BCUT2D eigenvalue weighted by molar-refractivity contribution is -0.136. The predicted octanol–water partition coefficient (Wildman–Crippen LogP) is 1.85. The molecule has 1 aliphatic rings. The number of hydrogen-bond acceptors (Lipinski definition) is 3. The Morgan fingerprint density at radius 2 is 2.00 bits per heavy atom. The van der Waals surface area contributed by atoms with Gasteiger partial charge in [0.25, 0.3) is 0 Å². The summed E-state index contributed by atoms with van der Waals surface area (Å²) in [4.78, 5) is 16.8. The van der Waals surface area contributed by atoms with Crippen LogP contribution < -0.4 is 0 Å². The zero-order valence-electron chi connectivity index (χ0n) is 12.6. The second-order valence-electron chi connectivity index (χ2n) is 5.51. The minimum Gasteiger partial charge on any atom is -0.380 e. The Morgan fingerprint density at radius 3 is 2.70 bits per heavy atom. The second kappa shape index (κ2) is 6.86. The Labute approximate surface area is 121 Å². The fraction of sp³-hybridized carbons (Fsp3) is 0.562. The molecule has 1 amide bonds. The first-order chi connectivity index (χ1) is 9.61. The summed E-state index contributed by atoms with van der Waals surface area (Å²) in [5.74, 6) is 0.176. The highest BCUT2D eigenvalue weighted by molar-refractivity contribution is 5.83. The van der Waals surface area contributed by atoms with E-state index >= 15 is 0 Å². The van der Waals surface area contributed by atoms with Crippen molar-refractivity contribution in [3.05, 3.63) is 35.4 Å². The van der Waals surface area contributed by atoms with Crippen molar-refractivity contribution in [2.75, 3.05) is 40.4 Å². The van der Waals surface area contributed by atoms with E-state index in [1.54, 1.807) is 0 Å². The van der Waals surface area contributed by atoms with Crippen LogP contribution in [-0.4, -0.2) is 56.1 Å². The molecule has 0 spiro atoms. The zero-order valence-corrected chi connectivity index (χ0v) is 12.6. The average Bonchev–Trinajstić information content (AvgIpc) is 2.69. The number of amides is 1. The topological polar surface area (TPSA) is 32.8 Å². The fourth-order valence-electron chi connectivity index (χ4n) is 2.67. The minimum atomic E-state index is -0.214. The van der Waals surface area contributed by atoms with Gasteiger partial charge in [-0.05, 0) is 38.6 Å². The van der Waals surface area contributed by atoms with E-state index in [4.69, 9.17) is 4.74 Å². The average molecular weight is 276 g/mol. The summed E-state index contributed by atoms with van der Waals surface area (Å²) in [7, 11) is 3.92. The lowest BCUT2D eigenvalue weighted by Gasteiger charge is -2.30. The van der Waals surface area contributed by atoms with E-state index in [1.165, 1.54) is 0 Å². The van der Waals surface area contributed by atoms with E-state index < -0.39 is 0 Å². The van der Waals surface area contributed by atoms with Crippen LogP contribution >= 0.6 is 0 Å². The first kappa shape index (κ1) is 15.0. The van der Waals surface area contributed by atoms with Crippen molar-refractivity contribution in [3.63, 3.8) is 0 Å². The van der Waals surface area contributed by atoms with Gasteiger partial charge in [-0.2, -0.15) is 0 Å². The molecule has 1 aromatic rings. The molecule has 110 valence electrons. The largest absolute Gasteiger partial charge is 0.380 e. The number of aryl methyl sites for hydroxylation is 1. The van der Waals surface area contributed by atoms with Gasteiger partial charge in [-0.3, -0.25) is 9.69 Å². The molecule has 0 aromatic heterocycles. The molecule has 1 heterocycles. The van der Waals surface area contributed by atoms with E-state index in [0.717, 1.165) is 30.7 Å². The maximum Gasteiger partial charge on any atom is 0.244 e. The quantitative estimate of drug-likeness (QED) is 0.844. The summed E-state index contributed by atoms with van der Waals surface area (Å²) < 4.78 is 5.44. The van der Waals surface area contributed by atoms with Gasteiger partial charge in [0.2, 0.25) is 5.91 Å². The van der Waals surface area contributed by atoms with Gasteiger partial charge in [-0.15, -0.1) is 0 Å². The molecule has 1 aliphatic heterocycles. The monoisotopic (exact) mass is 276 g/mol. The Morgan fingerprint density at radius 1 is 1.25 bits per heavy atom. The molecule has 0 N–H and O–H groups in total.